The van der Waals surface area contributed by atoms with Crippen LogP contribution in [0.15, 0.2) is 66.7 Å². The molecule has 0 spiro atoms. The van der Waals surface area contributed by atoms with Crippen LogP contribution >= 0.6 is 0 Å². The fourth-order valence-electron chi connectivity index (χ4n) is 2.15. The third kappa shape index (κ3) is 3.73. The van der Waals surface area contributed by atoms with Gasteiger partial charge in [-0.2, -0.15) is 4.68 Å². The van der Waals surface area contributed by atoms with Crippen LogP contribution in [0.2, 0.25) is 0 Å². The van der Waals surface area contributed by atoms with Crippen LogP contribution in [0.25, 0.3) is 5.69 Å². The Balaban J connectivity index is 1.82. The number of anilines is 1. The van der Waals surface area contributed by atoms with Gasteiger partial charge in [-0.05, 0) is 31.2 Å². The fourth-order valence-corrected chi connectivity index (χ4v) is 2.15. The van der Waals surface area contributed by atoms with Crippen molar-refractivity contribution >= 4 is 11.8 Å². The first-order valence-electron chi connectivity index (χ1n) is 7.58. The molecule has 1 N–H and O–H groups in total. The maximum absolute atomic E-state index is 12.1. The van der Waals surface area contributed by atoms with Gasteiger partial charge in [0.2, 0.25) is 11.8 Å². The van der Waals surface area contributed by atoms with Crippen LogP contribution in [0.5, 0.6) is 11.8 Å². The molecule has 122 valence electrons. The lowest BCUT2D eigenvalue weighted by Crippen LogP contribution is -2.18. The molecule has 1 amide bonds. The molecule has 0 aliphatic carbocycles. The lowest BCUT2D eigenvalue weighted by molar-refractivity contribution is 0.212. The highest BCUT2D eigenvalue weighted by molar-refractivity contribution is 5.86. The van der Waals surface area contributed by atoms with Gasteiger partial charge in [0, 0.05) is 5.69 Å². The van der Waals surface area contributed by atoms with E-state index in [2.05, 4.69) is 10.4 Å². The fraction of sp³-hybridized carbons (Fsp3) is 0.111. The largest absolute Gasteiger partial charge is 0.477 e. The molecule has 3 rings (SSSR count). The van der Waals surface area contributed by atoms with Crippen molar-refractivity contribution in [3.63, 3.8) is 0 Å². The van der Waals surface area contributed by atoms with Gasteiger partial charge in [-0.25, -0.2) is 4.79 Å². The standard InChI is InChI=1S/C18H17N3O3/c1-2-23-16-13-17(21(20-16)15-11-7-4-8-12-15)24-18(22)19-14-9-5-3-6-10-14/h3-13H,2H2,1H3,(H,19,22). The molecule has 1 heterocycles. The minimum atomic E-state index is -0.596. The zero-order valence-electron chi connectivity index (χ0n) is 13.2. The molecule has 0 saturated heterocycles. The van der Waals surface area contributed by atoms with Crippen LogP contribution in [0.1, 0.15) is 6.92 Å². The monoisotopic (exact) mass is 323 g/mol. The van der Waals surface area contributed by atoms with Crippen molar-refractivity contribution < 1.29 is 14.3 Å². The van der Waals surface area contributed by atoms with E-state index in [1.807, 2.05) is 55.5 Å². The third-order valence-corrected chi connectivity index (χ3v) is 3.16. The number of carbonyl (C=O) groups excluding carboxylic acids is 1. The van der Waals surface area contributed by atoms with E-state index in [9.17, 15) is 4.79 Å². The van der Waals surface area contributed by atoms with Gasteiger partial charge in [-0.3, -0.25) is 5.32 Å². The summed E-state index contributed by atoms with van der Waals surface area (Å²) in [6.45, 7) is 2.34. The van der Waals surface area contributed by atoms with Crippen molar-refractivity contribution in [3.8, 4) is 17.4 Å². The molecule has 0 saturated carbocycles. The van der Waals surface area contributed by atoms with Crippen molar-refractivity contribution in [1.29, 1.82) is 0 Å². The van der Waals surface area contributed by atoms with E-state index >= 15 is 0 Å². The topological polar surface area (TPSA) is 65.4 Å². The summed E-state index contributed by atoms with van der Waals surface area (Å²) in [5.41, 5.74) is 1.42. The Hall–Kier alpha value is -3.28. The molecule has 0 aliphatic heterocycles. The smallest absolute Gasteiger partial charge is 0.418 e. The molecule has 0 unspecified atom stereocenters. The van der Waals surface area contributed by atoms with Gasteiger partial charge in [-0.15, -0.1) is 5.10 Å². The summed E-state index contributed by atoms with van der Waals surface area (Å²) in [7, 11) is 0. The Morgan fingerprint density at radius 3 is 2.42 bits per heavy atom. The molecule has 1 aromatic heterocycles. The molecule has 0 bridgehead atoms. The number of hydrogen-bond acceptors (Lipinski definition) is 4. The molecule has 0 radical (unpaired) electrons. The summed E-state index contributed by atoms with van der Waals surface area (Å²) in [6, 6.07) is 20.1. The van der Waals surface area contributed by atoms with Gasteiger partial charge in [0.15, 0.2) is 0 Å². The van der Waals surface area contributed by atoms with Crippen LogP contribution in [0.3, 0.4) is 0 Å². The SMILES string of the molecule is CCOc1cc(OC(=O)Nc2ccccc2)n(-c2ccccc2)n1. The summed E-state index contributed by atoms with van der Waals surface area (Å²) in [6.07, 6.45) is -0.596. The zero-order valence-corrected chi connectivity index (χ0v) is 13.2. The number of para-hydroxylation sites is 2. The van der Waals surface area contributed by atoms with Crippen molar-refractivity contribution in [2.75, 3.05) is 11.9 Å². The molecular formula is C18H17N3O3. The van der Waals surface area contributed by atoms with E-state index in [0.717, 1.165) is 5.69 Å². The summed E-state index contributed by atoms with van der Waals surface area (Å²) >= 11 is 0. The first-order valence-corrected chi connectivity index (χ1v) is 7.58. The van der Waals surface area contributed by atoms with Crippen LogP contribution in [0.4, 0.5) is 10.5 Å². The van der Waals surface area contributed by atoms with Gasteiger partial charge in [0.05, 0.1) is 18.4 Å². The summed E-state index contributed by atoms with van der Waals surface area (Å²) in [5.74, 6) is 0.668. The molecule has 0 atom stereocenters. The number of hydrogen-bond donors (Lipinski definition) is 1. The predicted octanol–water partition coefficient (Wildman–Crippen LogP) is 3.88. The van der Waals surface area contributed by atoms with E-state index in [0.29, 0.717) is 18.2 Å². The molecule has 3 aromatic rings. The summed E-state index contributed by atoms with van der Waals surface area (Å²) in [5, 5.41) is 6.99. The number of carbonyl (C=O) groups is 1. The van der Waals surface area contributed by atoms with E-state index in [1.165, 1.54) is 4.68 Å². The molecule has 2 aromatic carbocycles. The van der Waals surface area contributed by atoms with Gasteiger partial charge in [-0.1, -0.05) is 36.4 Å². The average molecular weight is 323 g/mol. The van der Waals surface area contributed by atoms with Crippen LogP contribution < -0.4 is 14.8 Å². The molecule has 0 aliphatic rings. The second kappa shape index (κ2) is 7.32. The van der Waals surface area contributed by atoms with E-state index < -0.39 is 6.09 Å². The Morgan fingerprint density at radius 2 is 1.75 bits per heavy atom. The maximum atomic E-state index is 12.1. The lowest BCUT2D eigenvalue weighted by atomic mass is 10.3. The second-order valence-corrected chi connectivity index (χ2v) is 4.88. The van der Waals surface area contributed by atoms with Gasteiger partial charge >= 0.3 is 6.09 Å². The number of amides is 1. The molecule has 24 heavy (non-hydrogen) atoms. The highest BCUT2D eigenvalue weighted by atomic mass is 16.6. The van der Waals surface area contributed by atoms with Crippen LogP contribution in [-0.2, 0) is 0 Å². The normalized spacial score (nSPS) is 10.2. The van der Waals surface area contributed by atoms with Gasteiger partial charge in [0.1, 0.15) is 0 Å². The number of rotatable bonds is 5. The number of nitrogens with zero attached hydrogens (tertiary/aromatic N) is 2. The van der Waals surface area contributed by atoms with Crippen molar-refractivity contribution in [1.82, 2.24) is 9.78 Å². The highest BCUT2D eigenvalue weighted by Crippen LogP contribution is 2.24. The maximum Gasteiger partial charge on any atom is 0.418 e. The highest BCUT2D eigenvalue weighted by Gasteiger charge is 2.15. The minimum absolute atomic E-state index is 0.276. The molecule has 6 nitrogen and oxygen atoms in total. The Labute approximate surface area is 139 Å². The first kappa shape index (κ1) is 15.6. The van der Waals surface area contributed by atoms with Crippen molar-refractivity contribution in [2.45, 2.75) is 6.92 Å². The average Bonchev–Trinajstić information content (AvgIpc) is 2.99. The predicted molar refractivity (Wildman–Crippen MR) is 90.8 cm³/mol. The zero-order chi connectivity index (χ0) is 16.8. The number of ether oxygens (including phenoxy) is 2. The van der Waals surface area contributed by atoms with Crippen LogP contribution in [0, 0.1) is 0 Å². The minimum Gasteiger partial charge on any atom is -0.477 e. The third-order valence-electron chi connectivity index (χ3n) is 3.16. The Kier molecular flexibility index (Phi) is 4.76. The lowest BCUT2D eigenvalue weighted by Gasteiger charge is -2.08. The number of aromatic nitrogens is 2. The summed E-state index contributed by atoms with van der Waals surface area (Å²) in [4.78, 5) is 12.1. The van der Waals surface area contributed by atoms with E-state index in [-0.39, 0.29) is 5.88 Å². The van der Waals surface area contributed by atoms with E-state index in [4.69, 9.17) is 9.47 Å². The van der Waals surface area contributed by atoms with Gasteiger partial charge in [0.25, 0.3) is 0 Å². The van der Waals surface area contributed by atoms with Crippen LogP contribution in [-0.4, -0.2) is 22.5 Å². The van der Waals surface area contributed by atoms with Crippen molar-refractivity contribution in [2.24, 2.45) is 0 Å². The quantitative estimate of drug-likeness (QED) is 0.774. The summed E-state index contributed by atoms with van der Waals surface area (Å²) < 4.78 is 12.3. The number of benzene rings is 2. The Bertz CT molecular complexity index is 801. The first-order chi connectivity index (χ1) is 11.8. The second-order valence-electron chi connectivity index (χ2n) is 4.88. The molecule has 6 heteroatoms. The number of nitrogens with one attached hydrogen (secondary N) is 1. The van der Waals surface area contributed by atoms with Gasteiger partial charge < -0.3 is 9.47 Å². The Morgan fingerprint density at radius 1 is 1.08 bits per heavy atom. The van der Waals surface area contributed by atoms with Crippen molar-refractivity contribution in [3.05, 3.63) is 66.7 Å². The molecular weight excluding hydrogens is 306 g/mol. The molecule has 0 fully saturated rings. The van der Waals surface area contributed by atoms with E-state index in [1.54, 1.807) is 18.2 Å².